The van der Waals surface area contributed by atoms with Crippen molar-refractivity contribution in [2.24, 2.45) is 5.73 Å². The Hall–Kier alpha value is -3.59. The van der Waals surface area contributed by atoms with Gasteiger partial charge in [-0.1, -0.05) is 386 Å². The van der Waals surface area contributed by atoms with Gasteiger partial charge >= 0.3 is 19.8 Å². The molecule has 0 rings (SSSR count). The van der Waals surface area contributed by atoms with Gasteiger partial charge in [0.25, 0.3) is 0 Å². The van der Waals surface area contributed by atoms with Gasteiger partial charge in [0.15, 0.2) is 6.10 Å². The lowest BCUT2D eigenvalue weighted by Crippen LogP contribution is -2.29. The van der Waals surface area contributed by atoms with Crippen molar-refractivity contribution in [3.05, 3.63) is 122 Å². The predicted molar refractivity (Wildman–Crippen MR) is 408 cm³/mol. The summed E-state index contributed by atoms with van der Waals surface area (Å²) < 4.78 is 33.3. The molecule has 542 valence electrons. The number of hydrogen-bond donors (Lipinski definition) is 2. The van der Waals surface area contributed by atoms with Gasteiger partial charge in [0.05, 0.1) is 13.2 Å². The number of carbonyl (C=O) groups is 2. The van der Waals surface area contributed by atoms with E-state index in [1.807, 2.05) is 0 Å². The number of allylic oxidation sites excluding steroid dienone is 20. The zero-order valence-corrected chi connectivity index (χ0v) is 62.1. The van der Waals surface area contributed by atoms with Crippen molar-refractivity contribution >= 4 is 19.8 Å². The molecular formula is C84H148NO8P. The molecule has 0 aliphatic heterocycles. The van der Waals surface area contributed by atoms with Crippen molar-refractivity contribution in [2.45, 2.75) is 373 Å². The number of esters is 2. The molecule has 0 saturated carbocycles. The van der Waals surface area contributed by atoms with Crippen LogP contribution in [-0.2, 0) is 32.7 Å². The molecule has 0 aromatic carbocycles. The topological polar surface area (TPSA) is 134 Å². The lowest BCUT2D eigenvalue weighted by Gasteiger charge is -2.19. The summed E-state index contributed by atoms with van der Waals surface area (Å²) in [6.07, 6.45) is 110. The second-order valence-electron chi connectivity index (χ2n) is 26.2. The third-order valence-corrected chi connectivity index (χ3v) is 18.1. The van der Waals surface area contributed by atoms with Crippen LogP contribution >= 0.6 is 7.82 Å². The minimum Gasteiger partial charge on any atom is -0.462 e. The Labute approximate surface area is 581 Å². The van der Waals surface area contributed by atoms with Gasteiger partial charge in [0, 0.05) is 19.4 Å². The molecule has 0 amide bonds. The van der Waals surface area contributed by atoms with E-state index in [2.05, 4.69) is 135 Å². The Bertz CT molecular complexity index is 1960. The van der Waals surface area contributed by atoms with Crippen LogP contribution in [0.5, 0.6) is 0 Å². The first-order valence-electron chi connectivity index (χ1n) is 39.5. The first-order valence-corrected chi connectivity index (χ1v) is 41.0. The van der Waals surface area contributed by atoms with Crippen LogP contribution in [0, 0.1) is 0 Å². The Morgan fingerprint density at radius 3 is 0.872 bits per heavy atom. The lowest BCUT2D eigenvalue weighted by atomic mass is 10.0. The summed E-state index contributed by atoms with van der Waals surface area (Å²) in [5, 5.41) is 0. The molecule has 0 fully saturated rings. The molecule has 0 spiro atoms. The van der Waals surface area contributed by atoms with Crippen molar-refractivity contribution in [3.8, 4) is 0 Å². The van der Waals surface area contributed by atoms with E-state index >= 15 is 0 Å². The van der Waals surface area contributed by atoms with Gasteiger partial charge in [-0.2, -0.15) is 0 Å². The number of phosphoric ester groups is 1. The molecular weight excluding hydrogens is 1180 g/mol. The fourth-order valence-electron chi connectivity index (χ4n) is 11.3. The summed E-state index contributed by atoms with van der Waals surface area (Å²) in [4.78, 5) is 35.4. The first-order chi connectivity index (χ1) is 46.3. The van der Waals surface area contributed by atoms with Crippen molar-refractivity contribution in [2.75, 3.05) is 26.4 Å². The van der Waals surface area contributed by atoms with E-state index in [-0.39, 0.29) is 38.6 Å². The molecule has 0 heterocycles. The highest BCUT2D eigenvalue weighted by molar-refractivity contribution is 7.47. The fourth-order valence-corrected chi connectivity index (χ4v) is 12.1. The highest BCUT2D eigenvalue weighted by atomic mass is 31.2. The SMILES string of the molecule is CC/C=C\C/C=C\C/C=C\C/C=C\C/C=C\C/C=C\C/C=C\C/C=C\C/C=C\C/C=C\CCCCCCCCCCC(=O)OC(COC(=O)CCCCCCCCCCCCCCCCCCCCCCCCCCCCCCCCCCCC)COP(=O)(O)OCCN. The van der Waals surface area contributed by atoms with Gasteiger partial charge in [-0.25, -0.2) is 4.57 Å². The molecule has 0 radical (unpaired) electrons. The zero-order valence-electron chi connectivity index (χ0n) is 61.2. The van der Waals surface area contributed by atoms with Gasteiger partial charge in [-0.3, -0.25) is 18.6 Å². The normalized spacial score (nSPS) is 13.5. The molecule has 0 saturated heterocycles. The fraction of sp³-hybridized carbons (Fsp3) is 0.738. The Balaban J connectivity index is 3.87. The number of phosphoric acid groups is 1. The number of nitrogens with two attached hydrogens (primary N) is 1. The van der Waals surface area contributed by atoms with Gasteiger partial charge in [-0.05, 0) is 89.9 Å². The van der Waals surface area contributed by atoms with E-state index in [9.17, 15) is 19.0 Å². The number of hydrogen-bond acceptors (Lipinski definition) is 8. The Morgan fingerprint density at radius 1 is 0.330 bits per heavy atom. The summed E-state index contributed by atoms with van der Waals surface area (Å²) >= 11 is 0. The number of carbonyl (C=O) groups excluding carboxylic acids is 2. The third-order valence-electron chi connectivity index (χ3n) is 17.1. The minimum absolute atomic E-state index is 0.0483. The predicted octanol–water partition coefficient (Wildman–Crippen LogP) is 26.6. The molecule has 0 aliphatic carbocycles. The molecule has 10 heteroatoms. The van der Waals surface area contributed by atoms with E-state index in [1.54, 1.807) is 0 Å². The maximum atomic E-state index is 12.8. The zero-order chi connectivity index (χ0) is 67.9. The second-order valence-corrected chi connectivity index (χ2v) is 27.7. The summed E-state index contributed by atoms with van der Waals surface area (Å²) in [6.45, 7) is 3.67. The van der Waals surface area contributed by atoms with Crippen molar-refractivity contribution in [1.29, 1.82) is 0 Å². The first kappa shape index (κ1) is 90.4. The van der Waals surface area contributed by atoms with Crippen LogP contribution in [0.2, 0.25) is 0 Å². The summed E-state index contributed by atoms with van der Waals surface area (Å²) in [5.41, 5.74) is 5.41. The molecule has 2 unspecified atom stereocenters. The smallest absolute Gasteiger partial charge is 0.462 e. The van der Waals surface area contributed by atoms with Crippen molar-refractivity contribution in [1.82, 2.24) is 0 Å². The second kappa shape index (κ2) is 78.4. The van der Waals surface area contributed by atoms with Crippen LogP contribution in [0.1, 0.15) is 367 Å². The van der Waals surface area contributed by atoms with E-state index < -0.39 is 26.5 Å². The molecule has 2 atom stereocenters. The van der Waals surface area contributed by atoms with Crippen LogP contribution in [0.3, 0.4) is 0 Å². The Kier molecular flexibility index (Phi) is 75.4. The number of unbranched alkanes of at least 4 members (excludes halogenated alkanes) is 41. The lowest BCUT2D eigenvalue weighted by molar-refractivity contribution is -0.161. The number of rotatable bonds is 74. The Morgan fingerprint density at radius 2 is 0.585 bits per heavy atom. The molecule has 0 aromatic heterocycles. The van der Waals surface area contributed by atoms with E-state index in [0.717, 1.165) is 109 Å². The van der Waals surface area contributed by atoms with Crippen LogP contribution in [0.25, 0.3) is 0 Å². The van der Waals surface area contributed by atoms with Crippen LogP contribution < -0.4 is 5.73 Å². The quantitative estimate of drug-likeness (QED) is 0.0264. The highest BCUT2D eigenvalue weighted by Gasteiger charge is 2.26. The van der Waals surface area contributed by atoms with Gasteiger partial charge < -0.3 is 20.1 Å². The molecule has 0 aromatic rings. The van der Waals surface area contributed by atoms with Crippen LogP contribution in [0.4, 0.5) is 0 Å². The summed E-state index contributed by atoms with van der Waals surface area (Å²) in [6, 6.07) is 0. The average Bonchev–Trinajstić information content (AvgIpc) is 2.74. The largest absolute Gasteiger partial charge is 0.472 e. The molecule has 0 bridgehead atoms. The molecule has 94 heavy (non-hydrogen) atoms. The van der Waals surface area contributed by atoms with Crippen molar-refractivity contribution in [3.63, 3.8) is 0 Å². The molecule has 3 N–H and O–H groups in total. The molecule has 0 aliphatic rings. The van der Waals surface area contributed by atoms with E-state index in [1.165, 1.54) is 225 Å². The maximum Gasteiger partial charge on any atom is 0.472 e. The van der Waals surface area contributed by atoms with E-state index in [0.29, 0.717) is 6.42 Å². The van der Waals surface area contributed by atoms with Gasteiger partial charge in [0.2, 0.25) is 0 Å². The van der Waals surface area contributed by atoms with Gasteiger partial charge in [-0.15, -0.1) is 0 Å². The highest BCUT2D eigenvalue weighted by Crippen LogP contribution is 2.43. The van der Waals surface area contributed by atoms with Crippen molar-refractivity contribution < 1.29 is 37.6 Å². The van der Waals surface area contributed by atoms with Gasteiger partial charge in [0.1, 0.15) is 6.61 Å². The summed E-state index contributed by atoms with van der Waals surface area (Å²) in [5.74, 6) is -0.828. The number of ether oxygens (including phenoxy) is 2. The standard InChI is InChI=1S/C84H148NO8P/c1-3-5-7-9-11-13-15-17-19-21-23-25-27-29-31-33-35-37-39-40-41-42-43-45-47-49-51-53-55-57-59-61-63-65-67-69-71-73-75-77-84(87)93-82(81-92-94(88,89)91-79-78-85)80-90-83(86)76-74-72-70-68-66-64-62-60-58-56-54-52-50-48-46-44-38-36-34-32-30-28-26-24-22-20-18-16-14-12-10-8-6-4-2/h5,7,11,13,17,19,23,25,29,31,35,37,40-41,43,45,49,51,55,57,82H,3-4,6,8-10,12,14-16,18,20-22,24,26-28,30,32-34,36,38-39,42,44,46-48,50,52-54,56,58-81,85H2,1-2H3,(H,88,89)/b7-5-,13-11-,19-17-,25-23-,31-29-,37-35-,41-40-,45-43-,51-49-,57-55-. The molecule has 9 nitrogen and oxygen atoms in total. The minimum atomic E-state index is -4.41. The van der Waals surface area contributed by atoms with Crippen LogP contribution in [-0.4, -0.2) is 49.3 Å². The average molecular weight is 1330 g/mol. The summed E-state index contributed by atoms with van der Waals surface area (Å²) in [7, 11) is -4.41. The van der Waals surface area contributed by atoms with Crippen LogP contribution in [0.15, 0.2) is 122 Å². The monoisotopic (exact) mass is 1330 g/mol. The maximum absolute atomic E-state index is 12.8. The third kappa shape index (κ3) is 77.4. The van der Waals surface area contributed by atoms with E-state index in [4.69, 9.17) is 24.3 Å².